The van der Waals surface area contributed by atoms with Crippen LogP contribution in [0.4, 0.5) is 0 Å². The molecule has 0 spiro atoms. The van der Waals surface area contributed by atoms with Gasteiger partial charge in [0.2, 0.25) is 5.91 Å². The van der Waals surface area contributed by atoms with Crippen LogP contribution in [0, 0.1) is 0 Å². The predicted molar refractivity (Wildman–Crippen MR) is 126 cm³/mol. The lowest BCUT2D eigenvalue weighted by Gasteiger charge is -2.43. The molecule has 1 aliphatic heterocycles. The molecule has 1 fully saturated rings. The summed E-state index contributed by atoms with van der Waals surface area (Å²) in [6.45, 7) is 2.05. The summed E-state index contributed by atoms with van der Waals surface area (Å²) >= 11 is 12.1. The molecular weight excluding hydrogens is 459 g/mol. The number of likely N-dealkylation sites (tertiary alicyclic amines) is 1. The van der Waals surface area contributed by atoms with E-state index in [2.05, 4.69) is 4.90 Å². The number of hydrogen-bond acceptors (Lipinski definition) is 4. The Hall–Kier alpha value is -1.66. The second-order valence-corrected chi connectivity index (χ2v) is 9.08. The minimum atomic E-state index is -0.186. The molecule has 0 saturated carbocycles. The number of likely N-dealkylation sites (N-methyl/N-ethyl adjacent to an activating group) is 1. The first-order valence-corrected chi connectivity index (χ1v) is 11.1. The lowest BCUT2D eigenvalue weighted by Crippen LogP contribution is -2.48. The second kappa shape index (κ2) is 9.86. The SMILES string of the molecule is CN(C(=O)Cc1ccc(Cl)c(Cl)c1)[C@H]1c2cc(O)c(O)cc2CC[C@@H]1N1CCCC1.Cl. The van der Waals surface area contributed by atoms with E-state index in [1.54, 1.807) is 29.2 Å². The number of phenolic OH excluding ortho intramolecular Hbond substituents is 2. The maximum Gasteiger partial charge on any atom is 0.227 e. The summed E-state index contributed by atoms with van der Waals surface area (Å²) in [5, 5.41) is 21.0. The van der Waals surface area contributed by atoms with Crippen molar-refractivity contribution >= 4 is 41.5 Å². The summed E-state index contributed by atoms with van der Waals surface area (Å²) in [7, 11) is 1.83. The molecule has 1 saturated heterocycles. The smallest absolute Gasteiger partial charge is 0.227 e. The van der Waals surface area contributed by atoms with Crippen molar-refractivity contribution in [2.75, 3.05) is 20.1 Å². The minimum absolute atomic E-state index is 0. The Morgan fingerprint density at radius 2 is 1.77 bits per heavy atom. The molecule has 2 atom stereocenters. The molecule has 1 amide bonds. The summed E-state index contributed by atoms with van der Waals surface area (Å²) in [4.78, 5) is 17.5. The second-order valence-electron chi connectivity index (χ2n) is 8.26. The van der Waals surface area contributed by atoms with Crippen molar-refractivity contribution in [2.45, 2.75) is 44.2 Å². The van der Waals surface area contributed by atoms with Gasteiger partial charge in [0.1, 0.15) is 0 Å². The van der Waals surface area contributed by atoms with Gasteiger partial charge in [-0.1, -0.05) is 29.3 Å². The van der Waals surface area contributed by atoms with Crippen LogP contribution in [0.15, 0.2) is 30.3 Å². The average Bonchev–Trinajstić information content (AvgIpc) is 3.25. The van der Waals surface area contributed by atoms with Gasteiger partial charge in [-0.05, 0) is 79.7 Å². The number of carbonyl (C=O) groups excluding carboxylic acids is 1. The summed E-state index contributed by atoms with van der Waals surface area (Å²) in [5.41, 5.74) is 2.71. The quantitative estimate of drug-likeness (QED) is 0.600. The van der Waals surface area contributed by atoms with E-state index in [1.165, 1.54) is 0 Å². The Morgan fingerprint density at radius 3 is 2.45 bits per heavy atom. The van der Waals surface area contributed by atoms with Gasteiger partial charge in [-0.25, -0.2) is 0 Å². The van der Waals surface area contributed by atoms with Gasteiger partial charge >= 0.3 is 0 Å². The van der Waals surface area contributed by atoms with Crippen LogP contribution in [-0.4, -0.2) is 52.1 Å². The third-order valence-corrected chi connectivity index (χ3v) is 7.13. The van der Waals surface area contributed by atoms with Gasteiger partial charge in [-0.15, -0.1) is 12.4 Å². The van der Waals surface area contributed by atoms with Crippen LogP contribution in [-0.2, 0) is 17.6 Å². The third kappa shape index (κ3) is 4.90. The Kier molecular flexibility index (Phi) is 7.63. The van der Waals surface area contributed by atoms with Crippen molar-refractivity contribution in [1.29, 1.82) is 0 Å². The molecule has 2 aromatic rings. The van der Waals surface area contributed by atoms with E-state index in [4.69, 9.17) is 23.2 Å². The molecule has 1 aliphatic carbocycles. The van der Waals surface area contributed by atoms with Crippen LogP contribution in [0.5, 0.6) is 11.5 Å². The maximum absolute atomic E-state index is 13.2. The first-order valence-electron chi connectivity index (χ1n) is 10.3. The highest BCUT2D eigenvalue weighted by Gasteiger charge is 2.39. The predicted octanol–water partition coefficient (Wildman–Crippen LogP) is 4.98. The highest BCUT2D eigenvalue weighted by Crippen LogP contribution is 2.42. The summed E-state index contributed by atoms with van der Waals surface area (Å²) < 4.78 is 0. The number of benzene rings is 2. The number of halogens is 3. The van der Waals surface area contributed by atoms with Crippen molar-refractivity contribution in [2.24, 2.45) is 0 Å². The third-order valence-electron chi connectivity index (χ3n) is 6.39. The van der Waals surface area contributed by atoms with Crippen molar-refractivity contribution in [3.05, 3.63) is 57.1 Å². The Bertz CT molecular complexity index is 963. The number of nitrogens with zero attached hydrogens (tertiary/aromatic N) is 2. The van der Waals surface area contributed by atoms with Gasteiger partial charge in [-0.2, -0.15) is 0 Å². The van der Waals surface area contributed by atoms with Crippen molar-refractivity contribution < 1.29 is 15.0 Å². The summed E-state index contributed by atoms with van der Waals surface area (Å²) in [6, 6.07) is 8.51. The zero-order chi connectivity index (χ0) is 21.4. The molecule has 2 aliphatic rings. The van der Waals surface area contributed by atoms with Gasteiger partial charge < -0.3 is 15.1 Å². The lowest BCUT2D eigenvalue weighted by atomic mass is 9.82. The van der Waals surface area contributed by atoms with E-state index in [9.17, 15) is 15.0 Å². The van der Waals surface area contributed by atoms with E-state index in [-0.39, 0.29) is 48.3 Å². The van der Waals surface area contributed by atoms with Crippen LogP contribution in [0.2, 0.25) is 10.0 Å². The molecule has 4 rings (SSSR count). The number of aromatic hydroxyl groups is 2. The first-order chi connectivity index (χ1) is 14.3. The minimum Gasteiger partial charge on any atom is -0.504 e. The maximum atomic E-state index is 13.2. The van der Waals surface area contributed by atoms with Crippen molar-refractivity contribution in [3.63, 3.8) is 0 Å². The Morgan fingerprint density at radius 1 is 1.10 bits per heavy atom. The van der Waals surface area contributed by atoms with E-state index in [0.29, 0.717) is 10.0 Å². The van der Waals surface area contributed by atoms with Crippen LogP contribution >= 0.6 is 35.6 Å². The number of phenols is 2. The molecule has 31 heavy (non-hydrogen) atoms. The molecule has 1 heterocycles. The molecule has 0 aromatic heterocycles. The standard InChI is InChI=1S/C23H26Cl2N2O3.ClH/c1-26(22(30)11-14-4-6-17(24)18(25)10-14)23-16-13-21(29)20(28)12-15(16)5-7-19(23)27-8-2-3-9-27;/h4,6,10,12-13,19,23,28-29H,2-3,5,7-9,11H2,1H3;1H/t19-,23-;/m0./s1. The largest absolute Gasteiger partial charge is 0.504 e. The van der Waals surface area contributed by atoms with Crippen molar-refractivity contribution in [3.8, 4) is 11.5 Å². The number of rotatable bonds is 4. The number of hydrogen-bond donors (Lipinski definition) is 2. The van der Waals surface area contributed by atoms with Gasteiger partial charge in [-0.3, -0.25) is 9.69 Å². The van der Waals surface area contributed by atoms with Crippen molar-refractivity contribution in [1.82, 2.24) is 9.80 Å². The lowest BCUT2D eigenvalue weighted by molar-refractivity contribution is -0.133. The fraction of sp³-hybridized carbons (Fsp3) is 0.435. The van der Waals surface area contributed by atoms with Crippen LogP contribution < -0.4 is 0 Å². The summed E-state index contributed by atoms with van der Waals surface area (Å²) in [5.74, 6) is -0.286. The fourth-order valence-corrected chi connectivity index (χ4v) is 5.14. The Labute approximate surface area is 199 Å². The molecule has 0 bridgehead atoms. The van der Waals surface area contributed by atoms with Crippen LogP contribution in [0.3, 0.4) is 0 Å². The number of carbonyl (C=O) groups is 1. The normalized spacial score (nSPS) is 20.7. The molecule has 5 nitrogen and oxygen atoms in total. The molecule has 168 valence electrons. The van der Waals surface area contributed by atoms with Crippen LogP contribution in [0.1, 0.15) is 42.0 Å². The van der Waals surface area contributed by atoms with Crippen LogP contribution in [0.25, 0.3) is 0 Å². The monoisotopic (exact) mass is 484 g/mol. The zero-order valence-corrected chi connectivity index (χ0v) is 19.7. The van der Waals surface area contributed by atoms with Gasteiger partial charge in [0.25, 0.3) is 0 Å². The molecular formula is C23H27Cl3N2O3. The van der Waals surface area contributed by atoms with Gasteiger partial charge in [0.05, 0.1) is 22.5 Å². The average molecular weight is 486 g/mol. The van der Waals surface area contributed by atoms with Gasteiger partial charge in [0.15, 0.2) is 11.5 Å². The topological polar surface area (TPSA) is 64.0 Å². The first kappa shape index (κ1) is 24.0. The molecule has 0 unspecified atom stereocenters. The molecule has 2 N–H and O–H groups in total. The molecule has 0 radical (unpaired) electrons. The zero-order valence-electron chi connectivity index (χ0n) is 17.4. The van der Waals surface area contributed by atoms with Gasteiger partial charge in [0, 0.05) is 13.1 Å². The number of fused-ring (bicyclic) bond motifs is 1. The number of amides is 1. The number of aryl methyl sites for hydroxylation is 1. The molecule has 8 heteroatoms. The highest BCUT2D eigenvalue weighted by molar-refractivity contribution is 6.42. The van der Waals surface area contributed by atoms with E-state index >= 15 is 0 Å². The highest BCUT2D eigenvalue weighted by atomic mass is 35.5. The summed E-state index contributed by atoms with van der Waals surface area (Å²) in [6.07, 6.45) is 4.27. The molecule has 2 aromatic carbocycles. The van der Waals surface area contributed by atoms with E-state index < -0.39 is 0 Å². The Balaban J connectivity index is 0.00000272. The van der Waals surface area contributed by atoms with E-state index in [0.717, 1.165) is 55.5 Å². The fourth-order valence-electron chi connectivity index (χ4n) is 4.82. The van der Waals surface area contributed by atoms with E-state index in [1.807, 2.05) is 13.1 Å².